The topological polar surface area (TPSA) is 134 Å². The molecule has 5 rings (SSSR count). The van der Waals surface area contributed by atoms with Crippen LogP contribution in [-0.4, -0.2) is 57.2 Å². The van der Waals surface area contributed by atoms with Crippen molar-refractivity contribution in [3.8, 4) is 28.0 Å². The highest BCUT2D eigenvalue weighted by atomic mass is 32.1. The van der Waals surface area contributed by atoms with Gasteiger partial charge in [-0.3, -0.25) is 4.79 Å². The van der Waals surface area contributed by atoms with Gasteiger partial charge in [-0.2, -0.15) is 5.26 Å². The van der Waals surface area contributed by atoms with Crippen LogP contribution in [0.25, 0.3) is 27.5 Å². The van der Waals surface area contributed by atoms with E-state index in [0.29, 0.717) is 46.2 Å². The summed E-state index contributed by atoms with van der Waals surface area (Å²) in [4.78, 5) is 23.8. The molecule has 1 aliphatic carbocycles. The number of benzene rings is 1. The summed E-state index contributed by atoms with van der Waals surface area (Å²) in [7, 11) is 0. The zero-order valence-electron chi connectivity index (χ0n) is 19.1. The number of nitrogen functional groups attached to an aromatic ring is 1. The van der Waals surface area contributed by atoms with Crippen LogP contribution in [0, 0.1) is 11.3 Å². The molecule has 1 aliphatic heterocycles. The molecule has 2 aromatic heterocycles. The fourth-order valence-corrected chi connectivity index (χ4v) is 4.98. The molecule has 0 radical (unpaired) electrons. The number of rotatable bonds is 4. The van der Waals surface area contributed by atoms with E-state index in [1.807, 2.05) is 11.0 Å². The van der Waals surface area contributed by atoms with Crippen LogP contribution in [0.4, 0.5) is 5.82 Å². The van der Waals surface area contributed by atoms with Gasteiger partial charge in [0, 0.05) is 36.3 Å². The number of nitrogens with zero attached hydrogens (tertiary/aromatic N) is 6. The van der Waals surface area contributed by atoms with E-state index in [2.05, 4.69) is 43.7 Å². The molecule has 0 saturated carbocycles. The van der Waals surface area contributed by atoms with Crippen LogP contribution in [-0.2, 0) is 0 Å². The molecule has 2 aliphatic rings. The fourth-order valence-electron chi connectivity index (χ4n) is 4.12. The summed E-state index contributed by atoms with van der Waals surface area (Å²) in [5, 5.41) is 23.1. The third kappa shape index (κ3) is 4.82. The summed E-state index contributed by atoms with van der Waals surface area (Å²) in [5.41, 5.74) is 9.50. The molecule has 0 spiro atoms. The van der Waals surface area contributed by atoms with Crippen LogP contribution >= 0.6 is 11.3 Å². The average Bonchev–Trinajstić information content (AvgIpc) is 3.23. The van der Waals surface area contributed by atoms with Gasteiger partial charge in [-0.05, 0) is 37.9 Å². The monoisotopic (exact) mass is 484 g/mol. The molecule has 0 unspecified atom stereocenters. The van der Waals surface area contributed by atoms with Crippen LogP contribution in [0.2, 0.25) is 0 Å². The lowest BCUT2D eigenvalue weighted by molar-refractivity contribution is 0.0766. The van der Waals surface area contributed by atoms with Gasteiger partial charge in [-0.25, -0.2) is 9.97 Å². The van der Waals surface area contributed by atoms with Crippen molar-refractivity contribution in [1.82, 2.24) is 30.4 Å². The maximum absolute atomic E-state index is 13.0. The molecule has 3 heterocycles. The molecule has 1 amide bonds. The molecule has 1 fully saturated rings. The lowest BCUT2D eigenvalue weighted by atomic mass is 10.0. The quantitative estimate of drug-likeness (QED) is 0.576. The second-order valence-corrected chi connectivity index (χ2v) is 9.29. The molecule has 0 atom stereocenters. The van der Waals surface area contributed by atoms with Crippen molar-refractivity contribution in [3.05, 3.63) is 58.8 Å². The molecule has 3 N–H and O–H groups in total. The molecule has 1 aromatic carbocycles. The Morgan fingerprint density at radius 1 is 1.17 bits per heavy atom. The lowest BCUT2D eigenvalue weighted by Gasteiger charge is -2.20. The summed E-state index contributed by atoms with van der Waals surface area (Å²) in [5.74, 6) is 0.165. The van der Waals surface area contributed by atoms with Crippen molar-refractivity contribution in [1.29, 1.82) is 5.26 Å². The number of nitriles is 1. The van der Waals surface area contributed by atoms with E-state index in [1.165, 1.54) is 17.5 Å². The Kier molecular flexibility index (Phi) is 6.61. The van der Waals surface area contributed by atoms with Crippen molar-refractivity contribution < 1.29 is 4.79 Å². The minimum atomic E-state index is -0.0757. The summed E-state index contributed by atoms with van der Waals surface area (Å²) in [6, 6.07) is 7.31. The molecule has 1 saturated heterocycles. The Hall–Kier alpha value is -3.94. The molecular weight excluding hydrogens is 460 g/mol. The summed E-state index contributed by atoms with van der Waals surface area (Å²) in [6.45, 7) is 3.00. The molecule has 10 heteroatoms. The second-order valence-electron chi connectivity index (χ2n) is 8.31. The Labute approximate surface area is 207 Å². The number of hydrogen-bond donors (Lipinski definition) is 2. The van der Waals surface area contributed by atoms with Gasteiger partial charge in [0.2, 0.25) is 0 Å². The Morgan fingerprint density at radius 3 is 2.89 bits per heavy atom. The van der Waals surface area contributed by atoms with Crippen LogP contribution in [0.1, 0.15) is 40.2 Å². The largest absolute Gasteiger partial charge is 0.382 e. The van der Waals surface area contributed by atoms with Crippen molar-refractivity contribution in [2.75, 3.05) is 31.9 Å². The van der Waals surface area contributed by atoms with E-state index >= 15 is 0 Å². The number of carbonyl (C=O) groups excluding carboxylic acids is 1. The van der Waals surface area contributed by atoms with Gasteiger partial charge in [-0.15, -0.1) is 10.2 Å². The number of amides is 1. The zero-order chi connectivity index (χ0) is 24.2. The first-order valence-electron chi connectivity index (χ1n) is 11.5. The first-order chi connectivity index (χ1) is 17.1. The number of hydrogen-bond acceptors (Lipinski definition) is 9. The van der Waals surface area contributed by atoms with Gasteiger partial charge in [0.05, 0.1) is 23.5 Å². The van der Waals surface area contributed by atoms with Crippen LogP contribution < -0.4 is 11.1 Å². The standard InChI is InChI=1S/C25H24N8OS/c26-14-18-13-17(25(34)33-11-4-9-28-10-12-33)7-8-19(18)20-15-29-22(27)21(30-20)24-32-31-23(35-24)16-5-2-1-3-6-16/h2,5-8,13,15,28H,1,3-4,9-12H2,(H2,27,29). The van der Waals surface area contributed by atoms with Crippen molar-refractivity contribution in [3.63, 3.8) is 0 Å². The van der Waals surface area contributed by atoms with Crippen molar-refractivity contribution >= 4 is 28.6 Å². The Balaban J connectivity index is 1.45. The number of nitrogens with two attached hydrogens (primary N) is 1. The van der Waals surface area contributed by atoms with E-state index in [4.69, 9.17) is 5.73 Å². The smallest absolute Gasteiger partial charge is 0.253 e. The van der Waals surface area contributed by atoms with E-state index in [-0.39, 0.29) is 11.7 Å². The van der Waals surface area contributed by atoms with E-state index < -0.39 is 0 Å². The summed E-state index contributed by atoms with van der Waals surface area (Å²) in [6.07, 6.45) is 10.7. The molecule has 176 valence electrons. The maximum Gasteiger partial charge on any atom is 0.253 e. The number of nitrogens with one attached hydrogen (secondary N) is 1. The number of aromatic nitrogens is 4. The molecule has 0 bridgehead atoms. The highest BCUT2D eigenvalue weighted by Crippen LogP contribution is 2.33. The third-order valence-corrected chi connectivity index (χ3v) is 6.94. The highest BCUT2D eigenvalue weighted by molar-refractivity contribution is 7.15. The molecule has 35 heavy (non-hydrogen) atoms. The van der Waals surface area contributed by atoms with Crippen molar-refractivity contribution in [2.45, 2.75) is 19.3 Å². The first-order valence-corrected chi connectivity index (χ1v) is 12.3. The number of carbonyl (C=O) groups is 1. The van der Waals surface area contributed by atoms with Gasteiger partial charge in [0.25, 0.3) is 5.91 Å². The van der Waals surface area contributed by atoms with Gasteiger partial charge in [0.15, 0.2) is 10.8 Å². The first kappa shape index (κ1) is 22.8. The minimum Gasteiger partial charge on any atom is -0.382 e. The third-order valence-electron chi connectivity index (χ3n) is 5.96. The molecule has 9 nitrogen and oxygen atoms in total. The minimum absolute atomic E-state index is 0.0757. The predicted molar refractivity (Wildman–Crippen MR) is 135 cm³/mol. The molecule has 3 aromatic rings. The van der Waals surface area contributed by atoms with Gasteiger partial charge in [-0.1, -0.05) is 35.6 Å². The van der Waals surface area contributed by atoms with Crippen LogP contribution in [0.15, 0.2) is 42.6 Å². The number of allylic oxidation sites excluding steroid dienone is 4. The Morgan fingerprint density at radius 2 is 2.06 bits per heavy atom. The zero-order valence-corrected chi connectivity index (χ0v) is 19.9. The second kappa shape index (κ2) is 10.1. The van der Waals surface area contributed by atoms with E-state index in [9.17, 15) is 10.1 Å². The summed E-state index contributed by atoms with van der Waals surface area (Å²) >= 11 is 1.40. The SMILES string of the molecule is N#Cc1cc(C(=O)N2CCCNCC2)ccc1-c1cnc(N)c(-c2nnc(C3=CCCC=C3)s2)n1. The predicted octanol–water partition coefficient (Wildman–Crippen LogP) is 3.28. The van der Waals surface area contributed by atoms with Gasteiger partial charge >= 0.3 is 0 Å². The Bertz CT molecular complexity index is 1360. The fraction of sp³-hybridized carbons (Fsp3) is 0.280. The van der Waals surface area contributed by atoms with Gasteiger partial charge < -0.3 is 16.0 Å². The maximum atomic E-state index is 13.0. The summed E-state index contributed by atoms with van der Waals surface area (Å²) < 4.78 is 0. The van der Waals surface area contributed by atoms with E-state index in [0.717, 1.165) is 42.9 Å². The normalized spacial score (nSPS) is 15.9. The van der Waals surface area contributed by atoms with E-state index in [1.54, 1.807) is 18.2 Å². The van der Waals surface area contributed by atoms with Crippen molar-refractivity contribution in [2.24, 2.45) is 0 Å². The van der Waals surface area contributed by atoms with Crippen LogP contribution in [0.5, 0.6) is 0 Å². The average molecular weight is 485 g/mol. The lowest BCUT2D eigenvalue weighted by Crippen LogP contribution is -2.34. The molecular formula is C25H24N8OS. The van der Waals surface area contributed by atoms with Gasteiger partial charge in [0.1, 0.15) is 10.7 Å². The van der Waals surface area contributed by atoms with Crippen LogP contribution in [0.3, 0.4) is 0 Å². The highest BCUT2D eigenvalue weighted by Gasteiger charge is 2.20. The number of anilines is 1.